The second-order valence-corrected chi connectivity index (χ2v) is 3.48. The molecule has 0 unspecified atom stereocenters. The molecule has 1 nitrogen and oxygen atoms in total. The fraction of sp³-hybridized carbons (Fsp3) is 0.625. The molecule has 0 N–H and O–H groups in total. The molecule has 0 aliphatic carbocycles. The van der Waals surface area contributed by atoms with Crippen LogP contribution in [0.2, 0.25) is 0 Å². The predicted octanol–water partition coefficient (Wildman–Crippen LogP) is 3.01. The number of nitrogens with zero attached hydrogens (tertiary/aromatic N) is 1. The van der Waals surface area contributed by atoms with E-state index in [9.17, 15) is 0 Å². The van der Waals surface area contributed by atoms with Crippen LogP contribution in [-0.2, 0) is 0 Å². The van der Waals surface area contributed by atoms with Crippen molar-refractivity contribution in [2.24, 2.45) is 10.9 Å². The molecule has 0 rings (SSSR count). The lowest BCUT2D eigenvalue weighted by Crippen LogP contribution is -1.91. The average molecular weight is 204 g/mol. The summed E-state index contributed by atoms with van der Waals surface area (Å²) in [5.74, 6) is 0.647. The Morgan fingerprint density at radius 3 is 2.60 bits per heavy atom. The molecule has 0 aromatic rings. The Morgan fingerprint density at radius 2 is 2.20 bits per heavy atom. The van der Waals surface area contributed by atoms with Gasteiger partial charge in [-0.15, -0.1) is 0 Å². The van der Waals surface area contributed by atoms with Gasteiger partial charge < -0.3 is 0 Å². The molecular weight excluding hydrogens is 190 g/mol. The molecule has 0 atom stereocenters. The second kappa shape index (κ2) is 5.66. The zero-order chi connectivity index (χ0) is 7.98. The molecule has 0 radical (unpaired) electrons. The Balaban J connectivity index is 3.56. The molecule has 10 heavy (non-hydrogen) atoms. The summed E-state index contributed by atoms with van der Waals surface area (Å²) in [7, 11) is 0. The highest BCUT2D eigenvalue weighted by atomic mass is 79.9. The first-order valence-corrected chi connectivity index (χ1v) is 4.27. The molecule has 58 valence electrons. The van der Waals surface area contributed by atoms with Gasteiger partial charge in [0.05, 0.1) is 0 Å². The Morgan fingerprint density at radius 1 is 1.60 bits per heavy atom. The highest BCUT2D eigenvalue weighted by molar-refractivity contribution is 9.12. The molecular formula is C8H14BrN. The van der Waals surface area contributed by atoms with Crippen molar-refractivity contribution in [2.45, 2.75) is 20.8 Å². The van der Waals surface area contributed by atoms with Crippen LogP contribution in [-0.4, -0.2) is 12.8 Å². The molecule has 0 aromatic carbocycles. The van der Waals surface area contributed by atoms with Crippen LogP contribution in [0, 0.1) is 5.92 Å². The van der Waals surface area contributed by atoms with Crippen molar-refractivity contribution in [3.63, 3.8) is 0 Å². The zero-order valence-corrected chi connectivity index (χ0v) is 8.35. The Hall–Kier alpha value is -0.110. The first-order valence-electron chi connectivity index (χ1n) is 3.48. The van der Waals surface area contributed by atoms with E-state index < -0.39 is 0 Å². The summed E-state index contributed by atoms with van der Waals surface area (Å²) in [6, 6.07) is 0. The molecule has 0 aromatic heterocycles. The largest absolute Gasteiger partial charge is 0.292 e. The first-order chi connectivity index (χ1) is 4.66. The van der Waals surface area contributed by atoms with Crippen molar-refractivity contribution in [3.8, 4) is 0 Å². The van der Waals surface area contributed by atoms with Gasteiger partial charge in [-0.05, 0) is 28.8 Å². The maximum absolute atomic E-state index is 4.20. The number of hydrogen-bond acceptors (Lipinski definition) is 1. The van der Waals surface area contributed by atoms with Crippen molar-refractivity contribution >= 4 is 22.1 Å². The Labute approximate surface area is 71.4 Å². The van der Waals surface area contributed by atoms with Gasteiger partial charge in [0.15, 0.2) is 0 Å². The van der Waals surface area contributed by atoms with Gasteiger partial charge in [-0.2, -0.15) is 0 Å². The van der Waals surface area contributed by atoms with Gasteiger partial charge in [0.2, 0.25) is 0 Å². The van der Waals surface area contributed by atoms with Crippen LogP contribution >= 0.6 is 15.9 Å². The van der Waals surface area contributed by atoms with Crippen LogP contribution in [0.15, 0.2) is 15.6 Å². The van der Waals surface area contributed by atoms with E-state index in [1.807, 2.05) is 19.2 Å². The summed E-state index contributed by atoms with van der Waals surface area (Å²) in [6.07, 6.45) is 3.82. The Kier molecular flexibility index (Phi) is 5.60. The van der Waals surface area contributed by atoms with Crippen molar-refractivity contribution < 1.29 is 0 Å². The minimum absolute atomic E-state index is 0.647. The molecule has 0 heterocycles. The van der Waals surface area contributed by atoms with E-state index in [4.69, 9.17) is 0 Å². The summed E-state index contributed by atoms with van der Waals surface area (Å²) in [4.78, 5) is 4.20. The number of rotatable bonds is 3. The number of hydrogen-bond donors (Lipinski definition) is 0. The van der Waals surface area contributed by atoms with Gasteiger partial charge >= 0.3 is 0 Å². The van der Waals surface area contributed by atoms with E-state index >= 15 is 0 Å². The van der Waals surface area contributed by atoms with E-state index in [2.05, 4.69) is 34.8 Å². The van der Waals surface area contributed by atoms with Gasteiger partial charge in [-0.25, -0.2) is 0 Å². The summed E-state index contributed by atoms with van der Waals surface area (Å²) in [5, 5.41) is 0. The molecule has 0 spiro atoms. The van der Waals surface area contributed by atoms with E-state index in [-0.39, 0.29) is 0 Å². The van der Waals surface area contributed by atoms with Crippen LogP contribution in [0.25, 0.3) is 0 Å². The standard InChI is InChI=1S/C8H14BrN/c1-4-8(9)6-10-5-7(2)3/h4,6-7H,5H2,1-3H3/b8-4+,10-6-. The minimum atomic E-state index is 0.647. The van der Waals surface area contributed by atoms with Crippen molar-refractivity contribution in [2.75, 3.05) is 6.54 Å². The zero-order valence-electron chi connectivity index (χ0n) is 6.76. The third kappa shape index (κ3) is 6.02. The van der Waals surface area contributed by atoms with Crippen LogP contribution in [0.5, 0.6) is 0 Å². The maximum Gasteiger partial charge on any atom is 0.0412 e. The van der Waals surface area contributed by atoms with Gasteiger partial charge in [0.25, 0.3) is 0 Å². The summed E-state index contributed by atoms with van der Waals surface area (Å²) in [6.45, 7) is 7.19. The fourth-order valence-electron chi connectivity index (χ4n) is 0.425. The summed E-state index contributed by atoms with van der Waals surface area (Å²) >= 11 is 3.34. The third-order valence-electron chi connectivity index (χ3n) is 0.961. The van der Waals surface area contributed by atoms with Crippen LogP contribution < -0.4 is 0 Å². The average Bonchev–Trinajstić information content (AvgIpc) is 1.87. The molecule has 0 amide bonds. The Bertz CT molecular complexity index is 136. The highest BCUT2D eigenvalue weighted by Gasteiger charge is 1.87. The highest BCUT2D eigenvalue weighted by Crippen LogP contribution is 2.00. The van der Waals surface area contributed by atoms with Crippen LogP contribution in [0.3, 0.4) is 0 Å². The van der Waals surface area contributed by atoms with E-state index in [0.29, 0.717) is 5.92 Å². The predicted molar refractivity (Wildman–Crippen MR) is 50.9 cm³/mol. The van der Waals surface area contributed by atoms with Crippen molar-refractivity contribution in [1.82, 2.24) is 0 Å². The van der Waals surface area contributed by atoms with E-state index in [1.165, 1.54) is 0 Å². The summed E-state index contributed by atoms with van der Waals surface area (Å²) < 4.78 is 1.05. The second-order valence-electron chi connectivity index (χ2n) is 2.56. The molecule has 0 aliphatic rings. The maximum atomic E-state index is 4.20. The van der Waals surface area contributed by atoms with Gasteiger partial charge in [-0.1, -0.05) is 19.9 Å². The molecule has 0 saturated carbocycles. The molecule has 0 bridgehead atoms. The fourth-order valence-corrected chi connectivity index (χ4v) is 0.570. The van der Waals surface area contributed by atoms with Gasteiger partial charge in [0, 0.05) is 17.2 Å². The summed E-state index contributed by atoms with van der Waals surface area (Å²) in [5.41, 5.74) is 0. The molecule has 0 fully saturated rings. The molecule has 0 saturated heterocycles. The quantitative estimate of drug-likeness (QED) is 0.626. The minimum Gasteiger partial charge on any atom is -0.292 e. The third-order valence-corrected chi connectivity index (χ3v) is 1.62. The lowest BCUT2D eigenvalue weighted by Gasteiger charge is -1.95. The van der Waals surface area contributed by atoms with Crippen molar-refractivity contribution in [1.29, 1.82) is 0 Å². The normalized spacial score (nSPS) is 13.5. The van der Waals surface area contributed by atoms with E-state index in [1.54, 1.807) is 0 Å². The SMILES string of the molecule is C/C=C(Br)\C=N/CC(C)C. The van der Waals surface area contributed by atoms with E-state index in [0.717, 1.165) is 11.0 Å². The first kappa shape index (κ1) is 9.89. The van der Waals surface area contributed by atoms with Crippen LogP contribution in [0.4, 0.5) is 0 Å². The number of halogens is 1. The monoisotopic (exact) mass is 203 g/mol. The smallest absolute Gasteiger partial charge is 0.0412 e. The molecule has 2 heteroatoms. The lowest BCUT2D eigenvalue weighted by molar-refractivity contribution is 0.667. The van der Waals surface area contributed by atoms with Crippen molar-refractivity contribution in [3.05, 3.63) is 10.6 Å². The van der Waals surface area contributed by atoms with Gasteiger partial charge in [0.1, 0.15) is 0 Å². The van der Waals surface area contributed by atoms with Crippen LogP contribution in [0.1, 0.15) is 20.8 Å². The molecule has 0 aliphatic heterocycles. The number of allylic oxidation sites excluding steroid dienone is 2. The number of aliphatic imine (C=N–C) groups is 1. The topological polar surface area (TPSA) is 12.4 Å². The lowest BCUT2D eigenvalue weighted by atomic mass is 10.2. The van der Waals surface area contributed by atoms with Gasteiger partial charge in [-0.3, -0.25) is 4.99 Å².